The number of carbonyl (C=O) groups excluding carboxylic acids is 1. The van der Waals surface area contributed by atoms with Crippen molar-refractivity contribution >= 4 is 39.1 Å². The van der Waals surface area contributed by atoms with Crippen molar-refractivity contribution < 1.29 is 4.79 Å². The molecular formula is C13H16N2O2S2. The minimum atomic E-state index is -0.0164. The highest BCUT2D eigenvalue weighted by Crippen LogP contribution is 2.29. The first-order valence-corrected chi connectivity index (χ1v) is 7.87. The molecule has 0 unspecified atom stereocenters. The van der Waals surface area contributed by atoms with Crippen molar-refractivity contribution in [1.82, 2.24) is 9.55 Å². The van der Waals surface area contributed by atoms with E-state index in [0.717, 1.165) is 27.1 Å². The number of hydrogen-bond acceptors (Lipinski definition) is 5. The quantitative estimate of drug-likeness (QED) is 0.642. The van der Waals surface area contributed by atoms with E-state index in [4.69, 9.17) is 0 Å². The van der Waals surface area contributed by atoms with Crippen molar-refractivity contribution in [2.75, 3.05) is 5.75 Å². The van der Waals surface area contributed by atoms with Crippen molar-refractivity contribution in [3.63, 3.8) is 0 Å². The molecule has 2 heterocycles. The van der Waals surface area contributed by atoms with E-state index in [-0.39, 0.29) is 11.3 Å². The Morgan fingerprint density at radius 1 is 1.47 bits per heavy atom. The Bertz CT molecular complexity index is 701. The first-order chi connectivity index (χ1) is 8.95. The molecule has 2 rings (SSSR count). The van der Waals surface area contributed by atoms with Crippen molar-refractivity contribution in [3.8, 4) is 0 Å². The first-order valence-electron chi connectivity index (χ1n) is 6.07. The molecule has 0 aliphatic rings. The molecule has 2 aromatic rings. The molecule has 0 radical (unpaired) electrons. The lowest BCUT2D eigenvalue weighted by atomic mass is 10.1. The van der Waals surface area contributed by atoms with Gasteiger partial charge in [0.2, 0.25) is 0 Å². The average molecular weight is 296 g/mol. The maximum atomic E-state index is 12.4. The van der Waals surface area contributed by atoms with Gasteiger partial charge in [-0.15, -0.1) is 11.3 Å². The number of Topliss-reactive ketones (excluding diaryl/α,β-unsaturated/α-hetero) is 1. The second kappa shape index (κ2) is 5.46. The van der Waals surface area contributed by atoms with Crippen molar-refractivity contribution in [2.24, 2.45) is 7.05 Å². The van der Waals surface area contributed by atoms with E-state index in [2.05, 4.69) is 4.98 Å². The van der Waals surface area contributed by atoms with Gasteiger partial charge in [-0.25, -0.2) is 4.98 Å². The highest BCUT2D eigenvalue weighted by atomic mass is 32.2. The summed E-state index contributed by atoms with van der Waals surface area (Å²) in [5.41, 5.74) is 1.08. The summed E-state index contributed by atoms with van der Waals surface area (Å²) in [6.07, 6.45) is 0.836. The summed E-state index contributed by atoms with van der Waals surface area (Å²) >= 11 is 2.87. The van der Waals surface area contributed by atoms with Crippen LogP contribution >= 0.6 is 23.1 Å². The van der Waals surface area contributed by atoms with Crippen molar-refractivity contribution in [3.05, 3.63) is 20.8 Å². The minimum Gasteiger partial charge on any atom is -0.299 e. The van der Waals surface area contributed by atoms with E-state index in [1.54, 1.807) is 23.0 Å². The smallest absolute Gasteiger partial charge is 0.262 e. The molecule has 0 bridgehead atoms. The average Bonchev–Trinajstić information content (AvgIpc) is 2.67. The summed E-state index contributed by atoms with van der Waals surface area (Å²) in [6.45, 7) is 5.60. The number of hydrogen-bond donors (Lipinski definition) is 0. The van der Waals surface area contributed by atoms with Gasteiger partial charge < -0.3 is 0 Å². The number of nitrogens with zero attached hydrogens (tertiary/aromatic N) is 2. The molecule has 0 spiro atoms. The molecular weight excluding hydrogens is 280 g/mol. The molecule has 6 heteroatoms. The van der Waals surface area contributed by atoms with Gasteiger partial charge in [0.15, 0.2) is 5.16 Å². The van der Waals surface area contributed by atoms with Crippen LogP contribution in [0.2, 0.25) is 0 Å². The molecule has 19 heavy (non-hydrogen) atoms. The van der Waals surface area contributed by atoms with E-state index in [1.165, 1.54) is 18.7 Å². The second-order valence-electron chi connectivity index (χ2n) is 4.42. The van der Waals surface area contributed by atoms with E-state index in [1.807, 2.05) is 13.8 Å². The Morgan fingerprint density at radius 2 is 2.16 bits per heavy atom. The summed E-state index contributed by atoms with van der Waals surface area (Å²) < 4.78 is 1.54. The van der Waals surface area contributed by atoms with Gasteiger partial charge in [0.1, 0.15) is 10.6 Å². The number of thioether (sulfide) groups is 1. The van der Waals surface area contributed by atoms with Crippen LogP contribution in [-0.4, -0.2) is 21.1 Å². The van der Waals surface area contributed by atoms with Gasteiger partial charge in [0.25, 0.3) is 5.56 Å². The normalized spacial score (nSPS) is 11.2. The number of ketones is 1. The third-order valence-electron chi connectivity index (χ3n) is 2.95. The Morgan fingerprint density at radius 3 is 2.74 bits per heavy atom. The molecule has 2 aromatic heterocycles. The van der Waals surface area contributed by atoms with Crippen LogP contribution in [0.1, 0.15) is 24.3 Å². The summed E-state index contributed by atoms with van der Waals surface area (Å²) in [6, 6.07) is 0. The number of aryl methyl sites for hydroxylation is 2. The lowest BCUT2D eigenvalue weighted by molar-refractivity contribution is -0.114. The largest absolute Gasteiger partial charge is 0.299 e. The zero-order chi connectivity index (χ0) is 14.2. The van der Waals surface area contributed by atoms with Crippen LogP contribution < -0.4 is 5.56 Å². The van der Waals surface area contributed by atoms with Crippen LogP contribution in [0.15, 0.2) is 9.95 Å². The predicted molar refractivity (Wildman–Crippen MR) is 80.4 cm³/mol. The number of carbonyl (C=O) groups is 1. The van der Waals surface area contributed by atoms with Crippen LogP contribution in [0.3, 0.4) is 0 Å². The molecule has 0 saturated heterocycles. The van der Waals surface area contributed by atoms with Gasteiger partial charge in [0, 0.05) is 11.9 Å². The molecule has 4 nitrogen and oxygen atoms in total. The molecule has 0 saturated carbocycles. The SMILES string of the molecule is CCc1c(C)sc2nc(SCC(C)=O)n(C)c(=O)c12. The van der Waals surface area contributed by atoms with Gasteiger partial charge in [-0.1, -0.05) is 18.7 Å². The van der Waals surface area contributed by atoms with Crippen LogP contribution in [0.25, 0.3) is 10.2 Å². The maximum absolute atomic E-state index is 12.4. The minimum absolute atomic E-state index is 0.0164. The molecule has 102 valence electrons. The molecule has 0 amide bonds. The fourth-order valence-electron chi connectivity index (χ4n) is 2.00. The molecule has 0 aliphatic heterocycles. The summed E-state index contributed by atoms with van der Waals surface area (Å²) in [4.78, 5) is 29.9. The number of rotatable bonds is 4. The van der Waals surface area contributed by atoms with Crippen LogP contribution in [0.4, 0.5) is 0 Å². The van der Waals surface area contributed by atoms with Crippen LogP contribution in [0, 0.1) is 6.92 Å². The van der Waals surface area contributed by atoms with Gasteiger partial charge in [0.05, 0.1) is 11.1 Å². The van der Waals surface area contributed by atoms with E-state index in [9.17, 15) is 9.59 Å². The summed E-state index contributed by atoms with van der Waals surface area (Å²) in [5.74, 6) is 0.424. The molecule has 0 fully saturated rings. The van der Waals surface area contributed by atoms with Gasteiger partial charge >= 0.3 is 0 Å². The Labute approximate surface area is 119 Å². The molecule has 0 aliphatic carbocycles. The van der Waals surface area contributed by atoms with Gasteiger partial charge in [-0.2, -0.15) is 0 Å². The highest BCUT2D eigenvalue weighted by Gasteiger charge is 2.16. The lowest BCUT2D eigenvalue weighted by Crippen LogP contribution is -2.20. The summed E-state index contributed by atoms with van der Waals surface area (Å²) in [5, 5.41) is 1.34. The van der Waals surface area contributed by atoms with Crippen molar-refractivity contribution in [1.29, 1.82) is 0 Å². The summed E-state index contributed by atoms with van der Waals surface area (Å²) in [7, 11) is 1.71. The fraction of sp³-hybridized carbons (Fsp3) is 0.462. The van der Waals surface area contributed by atoms with E-state index < -0.39 is 0 Å². The molecule has 0 aromatic carbocycles. The Balaban J connectivity index is 2.62. The first kappa shape index (κ1) is 14.3. The second-order valence-corrected chi connectivity index (χ2v) is 6.57. The zero-order valence-electron chi connectivity index (χ0n) is 11.4. The van der Waals surface area contributed by atoms with E-state index >= 15 is 0 Å². The number of thiophene rings is 1. The highest BCUT2D eigenvalue weighted by molar-refractivity contribution is 7.99. The molecule has 0 atom stereocenters. The Hall–Kier alpha value is -1.14. The van der Waals surface area contributed by atoms with Crippen LogP contribution in [-0.2, 0) is 18.3 Å². The monoisotopic (exact) mass is 296 g/mol. The maximum Gasteiger partial charge on any atom is 0.262 e. The third kappa shape index (κ3) is 2.60. The number of fused-ring (bicyclic) bond motifs is 1. The van der Waals surface area contributed by atoms with Crippen LogP contribution in [0.5, 0.6) is 0 Å². The third-order valence-corrected chi connectivity index (χ3v) is 5.17. The zero-order valence-corrected chi connectivity index (χ0v) is 13.1. The van der Waals surface area contributed by atoms with Crippen molar-refractivity contribution in [2.45, 2.75) is 32.3 Å². The molecule has 0 N–H and O–H groups in total. The van der Waals surface area contributed by atoms with E-state index in [0.29, 0.717) is 10.9 Å². The number of aromatic nitrogens is 2. The predicted octanol–water partition coefficient (Wildman–Crippen LogP) is 2.55. The fourth-order valence-corrected chi connectivity index (χ4v) is 3.93. The van der Waals surface area contributed by atoms with Gasteiger partial charge in [-0.3, -0.25) is 14.2 Å². The topological polar surface area (TPSA) is 52.0 Å². The Kier molecular flexibility index (Phi) is 4.10. The lowest BCUT2D eigenvalue weighted by Gasteiger charge is -2.06. The van der Waals surface area contributed by atoms with Gasteiger partial charge in [-0.05, 0) is 25.8 Å². The standard InChI is InChI=1S/C13H16N2O2S2/c1-5-9-8(3)19-11-10(9)12(17)15(4)13(14-11)18-6-7(2)16/h5-6H2,1-4H3.